The van der Waals surface area contributed by atoms with E-state index in [0.29, 0.717) is 5.25 Å². The molecule has 1 nitrogen and oxygen atoms in total. The quantitative estimate of drug-likeness (QED) is 0.848. The highest BCUT2D eigenvalue weighted by atomic mass is 79.9. The molecule has 0 saturated carbocycles. The summed E-state index contributed by atoms with van der Waals surface area (Å²) in [6.07, 6.45) is 1.03. The van der Waals surface area contributed by atoms with Crippen molar-refractivity contribution in [3.8, 4) is 0 Å². The van der Waals surface area contributed by atoms with Crippen LogP contribution in [0.2, 0.25) is 0 Å². The van der Waals surface area contributed by atoms with E-state index in [9.17, 15) is 0 Å². The maximum absolute atomic E-state index is 5.97. The average Bonchev–Trinajstić information content (AvgIpc) is 2.16. The first kappa shape index (κ1) is 12.1. The molecule has 2 N–H and O–H groups in total. The van der Waals surface area contributed by atoms with Crippen LogP contribution in [0, 0.1) is 0 Å². The normalized spacial score (nSPS) is 15.1. The first-order valence-corrected chi connectivity index (χ1v) is 6.48. The molecule has 0 radical (unpaired) electrons. The van der Waals surface area contributed by atoms with Crippen LogP contribution in [-0.2, 0) is 0 Å². The van der Waals surface area contributed by atoms with Crippen molar-refractivity contribution in [1.29, 1.82) is 0 Å². The van der Waals surface area contributed by atoms with Crippen molar-refractivity contribution in [1.82, 2.24) is 0 Å². The topological polar surface area (TPSA) is 26.0 Å². The third-order valence-corrected chi connectivity index (χ3v) is 3.93. The fourth-order valence-electron chi connectivity index (χ4n) is 1.17. The van der Waals surface area contributed by atoms with Gasteiger partial charge in [0.2, 0.25) is 0 Å². The summed E-state index contributed by atoms with van der Waals surface area (Å²) in [5, 5.41) is 0.467. The second-order valence-electron chi connectivity index (χ2n) is 3.35. The second-order valence-corrected chi connectivity index (χ2v) is 5.72. The van der Waals surface area contributed by atoms with Gasteiger partial charge in [0.25, 0.3) is 0 Å². The maximum Gasteiger partial charge on any atom is 0.0217 e. The van der Waals surface area contributed by atoms with Gasteiger partial charge in [-0.25, -0.2) is 0 Å². The third kappa shape index (κ3) is 3.64. The minimum atomic E-state index is 0.277. The number of halogens is 1. The lowest BCUT2D eigenvalue weighted by atomic mass is 10.2. The number of hydrogen-bond acceptors (Lipinski definition) is 2. The van der Waals surface area contributed by atoms with E-state index >= 15 is 0 Å². The molecular weight excluding hydrogens is 258 g/mol. The molecule has 1 aromatic carbocycles. The summed E-state index contributed by atoms with van der Waals surface area (Å²) in [5.74, 6) is 0. The minimum absolute atomic E-state index is 0.277. The van der Waals surface area contributed by atoms with Gasteiger partial charge in [0.05, 0.1) is 0 Å². The highest BCUT2D eigenvalue weighted by molar-refractivity contribution is 9.10. The molecule has 2 unspecified atom stereocenters. The van der Waals surface area contributed by atoms with Crippen LogP contribution in [0.3, 0.4) is 0 Å². The Hall–Kier alpha value is 0.01000. The van der Waals surface area contributed by atoms with E-state index in [-0.39, 0.29) is 6.04 Å². The van der Waals surface area contributed by atoms with Gasteiger partial charge in [0, 0.05) is 20.7 Å². The molecule has 1 rings (SSSR count). The van der Waals surface area contributed by atoms with Crippen LogP contribution in [-0.4, -0.2) is 11.3 Å². The van der Waals surface area contributed by atoms with Crippen LogP contribution < -0.4 is 5.73 Å². The Morgan fingerprint density at radius 2 is 2.21 bits per heavy atom. The van der Waals surface area contributed by atoms with Crippen molar-refractivity contribution >= 4 is 27.7 Å². The molecular formula is C11H16BrNS. The molecule has 0 fully saturated rings. The van der Waals surface area contributed by atoms with Gasteiger partial charge in [-0.05, 0) is 24.6 Å². The molecule has 0 spiro atoms. The predicted molar refractivity (Wildman–Crippen MR) is 67.7 cm³/mol. The standard InChI is InChI=1S/C11H16BrNS/c1-3-11(13)8(2)14-10-6-4-5-9(12)7-10/h4-8,11H,3,13H2,1-2H3. The Labute approximate surface area is 98.6 Å². The highest BCUT2D eigenvalue weighted by Gasteiger charge is 2.11. The molecule has 0 aliphatic rings. The van der Waals surface area contributed by atoms with E-state index < -0.39 is 0 Å². The maximum atomic E-state index is 5.97. The van der Waals surface area contributed by atoms with E-state index in [1.165, 1.54) is 4.90 Å². The van der Waals surface area contributed by atoms with Crippen molar-refractivity contribution in [3.63, 3.8) is 0 Å². The lowest BCUT2D eigenvalue weighted by molar-refractivity contribution is 0.642. The lowest BCUT2D eigenvalue weighted by Gasteiger charge is -2.17. The van der Waals surface area contributed by atoms with E-state index in [4.69, 9.17) is 5.73 Å². The summed E-state index contributed by atoms with van der Waals surface area (Å²) in [6, 6.07) is 8.61. The van der Waals surface area contributed by atoms with Crippen LogP contribution in [0.25, 0.3) is 0 Å². The molecule has 0 aliphatic heterocycles. The van der Waals surface area contributed by atoms with E-state index in [1.54, 1.807) is 0 Å². The molecule has 0 heterocycles. The lowest BCUT2D eigenvalue weighted by Crippen LogP contribution is -2.29. The van der Waals surface area contributed by atoms with E-state index in [2.05, 4.69) is 48.0 Å². The van der Waals surface area contributed by atoms with Crippen LogP contribution >= 0.6 is 27.7 Å². The zero-order chi connectivity index (χ0) is 10.6. The smallest absolute Gasteiger partial charge is 0.0217 e. The molecule has 0 saturated heterocycles. The number of rotatable bonds is 4. The van der Waals surface area contributed by atoms with Crippen molar-refractivity contribution in [2.24, 2.45) is 5.73 Å². The Kier molecular flexibility index (Phi) is 4.99. The molecule has 14 heavy (non-hydrogen) atoms. The summed E-state index contributed by atoms with van der Waals surface area (Å²) in [7, 11) is 0. The summed E-state index contributed by atoms with van der Waals surface area (Å²) in [4.78, 5) is 1.27. The van der Waals surface area contributed by atoms with Crippen molar-refractivity contribution in [2.45, 2.75) is 36.5 Å². The van der Waals surface area contributed by atoms with Crippen molar-refractivity contribution in [2.75, 3.05) is 0 Å². The second kappa shape index (κ2) is 5.79. The monoisotopic (exact) mass is 273 g/mol. The van der Waals surface area contributed by atoms with E-state index in [0.717, 1.165) is 10.9 Å². The molecule has 2 atom stereocenters. The fourth-order valence-corrected chi connectivity index (χ4v) is 2.87. The average molecular weight is 274 g/mol. The first-order valence-electron chi connectivity index (χ1n) is 4.81. The third-order valence-electron chi connectivity index (χ3n) is 2.19. The molecule has 0 aromatic heterocycles. The molecule has 3 heteroatoms. The van der Waals surface area contributed by atoms with Gasteiger partial charge >= 0.3 is 0 Å². The van der Waals surface area contributed by atoms with E-state index in [1.807, 2.05) is 17.8 Å². The number of thioether (sulfide) groups is 1. The number of benzene rings is 1. The number of hydrogen-bond donors (Lipinski definition) is 1. The zero-order valence-corrected chi connectivity index (χ0v) is 10.9. The summed E-state index contributed by atoms with van der Waals surface area (Å²) in [6.45, 7) is 4.31. The Morgan fingerprint density at radius 1 is 1.50 bits per heavy atom. The van der Waals surface area contributed by atoms with Crippen LogP contribution in [0.4, 0.5) is 0 Å². The Bertz CT molecular complexity index is 290. The van der Waals surface area contributed by atoms with Crippen molar-refractivity contribution < 1.29 is 0 Å². The van der Waals surface area contributed by atoms with Gasteiger partial charge < -0.3 is 5.73 Å². The Balaban J connectivity index is 2.60. The minimum Gasteiger partial charge on any atom is -0.327 e. The summed E-state index contributed by atoms with van der Waals surface area (Å²) in [5.41, 5.74) is 5.97. The predicted octanol–water partition coefficient (Wildman–Crippen LogP) is 3.67. The molecule has 78 valence electrons. The highest BCUT2D eigenvalue weighted by Crippen LogP contribution is 2.27. The molecule has 0 amide bonds. The number of nitrogens with two attached hydrogens (primary N) is 1. The van der Waals surface area contributed by atoms with Crippen LogP contribution in [0.15, 0.2) is 33.6 Å². The Morgan fingerprint density at radius 3 is 2.79 bits per heavy atom. The van der Waals surface area contributed by atoms with Crippen LogP contribution in [0.5, 0.6) is 0 Å². The van der Waals surface area contributed by atoms with Gasteiger partial charge in [-0.3, -0.25) is 0 Å². The largest absolute Gasteiger partial charge is 0.327 e. The van der Waals surface area contributed by atoms with Gasteiger partial charge in [-0.2, -0.15) is 0 Å². The molecule has 1 aromatic rings. The molecule has 0 aliphatic carbocycles. The van der Waals surface area contributed by atoms with Crippen molar-refractivity contribution in [3.05, 3.63) is 28.7 Å². The SMILES string of the molecule is CCC(N)C(C)Sc1cccc(Br)c1. The van der Waals surface area contributed by atoms with Crippen LogP contribution in [0.1, 0.15) is 20.3 Å². The first-order chi connectivity index (χ1) is 6.63. The van der Waals surface area contributed by atoms with Gasteiger partial charge in [0.15, 0.2) is 0 Å². The zero-order valence-electron chi connectivity index (χ0n) is 8.53. The van der Waals surface area contributed by atoms with Gasteiger partial charge in [-0.1, -0.05) is 35.8 Å². The summed E-state index contributed by atoms with van der Waals surface area (Å²) >= 11 is 5.30. The van der Waals surface area contributed by atoms with Gasteiger partial charge in [-0.15, -0.1) is 11.8 Å². The van der Waals surface area contributed by atoms with Gasteiger partial charge in [0.1, 0.15) is 0 Å². The fraction of sp³-hybridized carbons (Fsp3) is 0.455. The molecule has 0 bridgehead atoms. The summed E-state index contributed by atoms with van der Waals surface area (Å²) < 4.78 is 1.12.